The van der Waals surface area contributed by atoms with Crippen molar-refractivity contribution in [2.45, 2.75) is 17.9 Å². The Hall–Kier alpha value is -2.30. The number of nitrogens with zero attached hydrogens (tertiary/aromatic N) is 3. The Kier molecular flexibility index (Phi) is 6.76. The molecule has 4 heteroatoms. The summed E-state index contributed by atoms with van der Waals surface area (Å²) >= 11 is 1.82. The van der Waals surface area contributed by atoms with Crippen LogP contribution < -0.4 is 9.47 Å². The molecule has 146 valence electrons. The molecule has 0 amide bonds. The summed E-state index contributed by atoms with van der Waals surface area (Å²) in [5.41, 5.74) is 2.50. The Labute approximate surface area is 173 Å². The number of hydrogen-bond donors (Lipinski definition) is 0. The predicted octanol–water partition coefficient (Wildman–Crippen LogP) is 4.72. The maximum Gasteiger partial charge on any atom is 0.169 e. The van der Waals surface area contributed by atoms with Gasteiger partial charge in [0, 0.05) is 24.1 Å². The second kappa shape index (κ2) is 9.26. The average molecular weight is 394 g/mol. The lowest BCUT2D eigenvalue weighted by molar-refractivity contribution is -0.873. The zero-order chi connectivity index (χ0) is 20.0. The molecule has 0 radical (unpaired) electrons. The normalized spacial score (nSPS) is 15.9. The minimum absolute atomic E-state index is 1.02. The summed E-state index contributed by atoms with van der Waals surface area (Å²) in [7, 11) is 8.84. The van der Waals surface area contributed by atoms with Gasteiger partial charge in [0.1, 0.15) is 0 Å². The van der Waals surface area contributed by atoms with Gasteiger partial charge < -0.3 is 9.38 Å². The molecule has 3 rings (SSSR count). The Morgan fingerprint density at radius 3 is 2.46 bits per heavy atom. The average Bonchev–Trinajstić information content (AvgIpc) is 2.98. The van der Waals surface area contributed by atoms with Gasteiger partial charge in [-0.3, -0.25) is 0 Å². The predicted molar refractivity (Wildman–Crippen MR) is 121 cm³/mol. The SMILES string of the molecule is CN1C(=CC=CC=Cc2cc[n+](CCC[N+](C)(C)C)cc2)Sc2ccccc21. The molecule has 0 atom stereocenters. The molecule has 2 aromatic rings. The fraction of sp³-hybridized carbons (Fsp3) is 0.292. The van der Waals surface area contributed by atoms with Crippen molar-refractivity contribution in [1.82, 2.24) is 0 Å². The van der Waals surface area contributed by atoms with Gasteiger partial charge in [-0.1, -0.05) is 48.2 Å². The van der Waals surface area contributed by atoms with Gasteiger partial charge in [0.2, 0.25) is 0 Å². The third-order valence-corrected chi connectivity index (χ3v) is 5.87. The fourth-order valence-corrected chi connectivity index (χ4v) is 4.15. The summed E-state index contributed by atoms with van der Waals surface area (Å²) in [6.07, 6.45) is 16.1. The van der Waals surface area contributed by atoms with E-state index in [1.165, 1.54) is 34.1 Å². The van der Waals surface area contributed by atoms with E-state index in [1.807, 2.05) is 11.8 Å². The number of aromatic nitrogens is 1. The van der Waals surface area contributed by atoms with E-state index in [0.29, 0.717) is 0 Å². The largest absolute Gasteiger partial charge is 0.338 e. The van der Waals surface area contributed by atoms with E-state index in [4.69, 9.17) is 0 Å². The van der Waals surface area contributed by atoms with Gasteiger partial charge in [-0.25, -0.2) is 4.57 Å². The van der Waals surface area contributed by atoms with Crippen molar-refractivity contribution in [1.29, 1.82) is 0 Å². The molecule has 0 saturated heterocycles. The van der Waals surface area contributed by atoms with Gasteiger partial charge in [-0.15, -0.1) is 0 Å². The van der Waals surface area contributed by atoms with Crippen LogP contribution in [0.15, 0.2) is 83.0 Å². The third kappa shape index (κ3) is 5.85. The molecule has 0 bridgehead atoms. The molecule has 1 aromatic carbocycles. The van der Waals surface area contributed by atoms with Crippen LogP contribution in [0.5, 0.6) is 0 Å². The van der Waals surface area contributed by atoms with Crippen LogP contribution in [0.25, 0.3) is 6.08 Å². The highest BCUT2D eigenvalue weighted by molar-refractivity contribution is 8.03. The molecule has 1 aromatic heterocycles. The molecular formula is C24H31N3S+2. The number of para-hydroxylation sites is 1. The van der Waals surface area contributed by atoms with E-state index in [9.17, 15) is 0 Å². The fourth-order valence-electron chi connectivity index (χ4n) is 3.09. The van der Waals surface area contributed by atoms with E-state index in [0.717, 1.165) is 11.0 Å². The van der Waals surface area contributed by atoms with E-state index in [2.05, 4.69) is 117 Å². The Balaban J connectivity index is 1.50. The summed E-state index contributed by atoms with van der Waals surface area (Å²) in [5, 5.41) is 1.25. The van der Waals surface area contributed by atoms with Crippen LogP contribution in [0, 0.1) is 0 Å². The minimum Gasteiger partial charge on any atom is -0.338 e. The lowest BCUT2D eigenvalue weighted by Crippen LogP contribution is -2.39. The summed E-state index contributed by atoms with van der Waals surface area (Å²) in [6.45, 7) is 2.26. The lowest BCUT2D eigenvalue weighted by atomic mass is 10.2. The van der Waals surface area contributed by atoms with Crippen molar-refractivity contribution < 1.29 is 9.05 Å². The topological polar surface area (TPSA) is 7.12 Å². The van der Waals surface area contributed by atoms with Crippen molar-refractivity contribution in [3.63, 3.8) is 0 Å². The second-order valence-corrected chi connectivity index (χ2v) is 9.18. The summed E-state index contributed by atoms with van der Waals surface area (Å²) < 4.78 is 3.28. The van der Waals surface area contributed by atoms with Crippen LogP contribution in [-0.2, 0) is 6.54 Å². The van der Waals surface area contributed by atoms with Gasteiger partial charge in [0.05, 0.1) is 44.8 Å². The number of allylic oxidation sites excluding steroid dienone is 4. The van der Waals surface area contributed by atoms with Crippen LogP contribution in [-0.4, -0.2) is 39.2 Å². The third-order valence-electron chi connectivity index (χ3n) is 4.68. The Morgan fingerprint density at radius 1 is 1.00 bits per heavy atom. The number of fused-ring (bicyclic) bond motifs is 1. The molecule has 2 heterocycles. The lowest BCUT2D eigenvalue weighted by Gasteiger charge is -2.22. The van der Waals surface area contributed by atoms with Crippen LogP contribution in [0.1, 0.15) is 12.0 Å². The van der Waals surface area contributed by atoms with Gasteiger partial charge in [-0.2, -0.15) is 0 Å². The molecule has 0 N–H and O–H groups in total. The maximum absolute atomic E-state index is 2.26. The molecule has 1 aliphatic heterocycles. The molecule has 28 heavy (non-hydrogen) atoms. The first-order valence-electron chi connectivity index (χ1n) is 9.78. The highest BCUT2D eigenvalue weighted by Gasteiger charge is 2.20. The minimum atomic E-state index is 1.02. The number of benzene rings is 1. The molecule has 0 saturated carbocycles. The number of quaternary nitrogens is 1. The van der Waals surface area contributed by atoms with Crippen molar-refractivity contribution in [3.8, 4) is 0 Å². The van der Waals surface area contributed by atoms with Crippen molar-refractivity contribution in [2.75, 3.05) is 39.6 Å². The molecule has 0 unspecified atom stereocenters. The molecule has 1 aliphatic rings. The first-order chi connectivity index (χ1) is 13.4. The Bertz CT molecular complexity index is 873. The van der Waals surface area contributed by atoms with Gasteiger partial charge >= 0.3 is 0 Å². The van der Waals surface area contributed by atoms with Crippen molar-refractivity contribution in [3.05, 3.63) is 83.7 Å². The maximum atomic E-state index is 2.26. The zero-order valence-electron chi connectivity index (χ0n) is 17.4. The van der Waals surface area contributed by atoms with Gasteiger partial charge in [0.25, 0.3) is 0 Å². The highest BCUT2D eigenvalue weighted by atomic mass is 32.2. The Morgan fingerprint density at radius 2 is 1.75 bits per heavy atom. The number of rotatable bonds is 7. The van der Waals surface area contributed by atoms with Crippen LogP contribution >= 0.6 is 11.8 Å². The second-order valence-electron chi connectivity index (χ2n) is 8.11. The van der Waals surface area contributed by atoms with Crippen molar-refractivity contribution >= 4 is 23.5 Å². The first kappa shape index (κ1) is 20.4. The molecule has 3 nitrogen and oxygen atoms in total. The number of thioether (sulfide) groups is 1. The molecular weight excluding hydrogens is 362 g/mol. The van der Waals surface area contributed by atoms with E-state index < -0.39 is 0 Å². The van der Waals surface area contributed by atoms with Gasteiger partial charge in [-0.05, 0) is 23.8 Å². The quantitative estimate of drug-likeness (QED) is 0.382. The number of aryl methyl sites for hydroxylation is 1. The molecule has 0 spiro atoms. The number of anilines is 1. The van der Waals surface area contributed by atoms with Crippen LogP contribution in [0.4, 0.5) is 5.69 Å². The summed E-state index contributed by atoms with van der Waals surface area (Å²) in [4.78, 5) is 3.56. The summed E-state index contributed by atoms with van der Waals surface area (Å²) in [5.74, 6) is 0. The smallest absolute Gasteiger partial charge is 0.169 e. The van der Waals surface area contributed by atoms with Crippen LogP contribution in [0.3, 0.4) is 0 Å². The number of pyridine rings is 1. The molecule has 0 fully saturated rings. The van der Waals surface area contributed by atoms with Crippen LogP contribution in [0.2, 0.25) is 0 Å². The van der Waals surface area contributed by atoms with E-state index >= 15 is 0 Å². The van der Waals surface area contributed by atoms with E-state index in [1.54, 1.807) is 0 Å². The number of hydrogen-bond acceptors (Lipinski definition) is 2. The molecule has 0 aliphatic carbocycles. The highest BCUT2D eigenvalue weighted by Crippen LogP contribution is 2.44. The monoisotopic (exact) mass is 393 g/mol. The van der Waals surface area contributed by atoms with Gasteiger partial charge in [0.15, 0.2) is 18.9 Å². The standard InChI is InChI=1S/C24H31N3S/c1-25-22-12-8-9-13-23(22)28-24(25)14-7-5-6-11-21-15-18-26(19-16-21)17-10-20-27(2,3)4/h5-9,11-16,18-19H,10,17,20H2,1-4H3/q+2. The summed E-state index contributed by atoms with van der Waals surface area (Å²) in [6, 6.07) is 12.9. The first-order valence-corrected chi connectivity index (χ1v) is 10.6. The van der Waals surface area contributed by atoms with Crippen molar-refractivity contribution in [2.24, 2.45) is 0 Å². The zero-order valence-corrected chi connectivity index (χ0v) is 18.2. The van der Waals surface area contributed by atoms with E-state index in [-0.39, 0.29) is 0 Å².